The summed E-state index contributed by atoms with van der Waals surface area (Å²) in [6.07, 6.45) is 4.64. The fraction of sp³-hybridized carbons (Fsp3) is 0.917. The van der Waals surface area contributed by atoms with Crippen LogP contribution in [-0.4, -0.2) is 25.0 Å². The van der Waals surface area contributed by atoms with Gasteiger partial charge in [0.05, 0.1) is 5.92 Å². The van der Waals surface area contributed by atoms with Crippen molar-refractivity contribution in [3.8, 4) is 0 Å². The predicted octanol–water partition coefficient (Wildman–Crippen LogP) is 1.29. The van der Waals surface area contributed by atoms with Crippen LogP contribution in [0.5, 0.6) is 0 Å². The van der Waals surface area contributed by atoms with Crippen molar-refractivity contribution < 1.29 is 4.79 Å². The van der Waals surface area contributed by atoms with E-state index in [1.807, 2.05) is 0 Å². The largest absolute Gasteiger partial charge is 0.353 e. The van der Waals surface area contributed by atoms with E-state index in [4.69, 9.17) is 0 Å². The average Bonchev–Trinajstić information content (AvgIpc) is 2.76. The molecule has 0 aromatic carbocycles. The summed E-state index contributed by atoms with van der Waals surface area (Å²) >= 11 is 0. The summed E-state index contributed by atoms with van der Waals surface area (Å²) in [5.74, 6) is 0.473. The summed E-state index contributed by atoms with van der Waals surface area (Å²) in [5.41, 5.74) is 0.293. The second-order valence-corrected chi connectivity index (χ2v) is 5.63. The standard InChI is InChI=1S/C12H22N2O/c1-12(2)6-3-4-10(12)14-11(15)9-5-7-13-8-9/h9-10,13H,3-8H2,1-2H3,(H,14,15)/t9-,10?/m0/s1. The molecule has 3 heteroatoms. The monoisotopic (exact) mass is 210 g/mol. The molecule has 1 heterocycles. The minimum atomic E-state index is 0.210. The number of amides is 1. The molecule has 1 saturated heterocycles. The number of rotatable bonds is 2. The topological polar surface area (TPSA) is 41.1 Å². The molecule has 2 N–H and O–H groups in total. The lowest BCUT2D eigenvalue weighted by atomic mass is 9.87. The van der Waals surface area contributed by atoms with Crippen LogP contribution in [0.4, 0.5) is 0 Å². The van der Waals surface area contributed by atoms with Crippen molar-refractivity contribution in [2.75, 3.05) is 13.1 Å². The molecule has 1 saturated carbocycles. The fourth-order valence-corrected chi connectivity index (χ4v) is 2.76. The van der Waals surface area contributed by atoms with Crippen molar-refractivity contribution >= 4 is 5.91 Å². The number of nitrogens with one attached hydrogen (secondary N) is 2. The Balaban J connectivity index is 1.88. The van der Waals surface area contributed by atoms with Crippen molar-refractivity contribution in [1.82, 2.24) is 10.6 Å². The van der Waals surface area contributed by atoms with E-state index in [0.29, 0.717) is 11.5 Å². The van der Waals surface area contributed by atoms with Gasteiger partial charge >= 0.3 is 0 Å². The smallest absolute Gasteiger partial charge is 0.224 e. The third kappa shape index (κ3) is 2.33. The molecule has 2 rings (SSSR count). The second kappa shape index (κ2) is 4.12. The van der Waals surface area contributed by atoms with Crippen LogP contribution in [0.1, 0.15) is 39.5 Å². The Labute approximate surface area is 92.0 Å². The first-order valence-corrected chi connectivity index (χ1v) is 6.11. The van der Waals surface area contributed by atoms with E-state index in [0.717, 1.165) is 25.9 Å². The SMILES string of the molecule is CC1(C)CCCC1NC(=O)[C@H]1CCNC1. The molecule has 15 heavy (non-hydrogen) atoms. The highest BCUT2D eigenvalue weighted by Crippen LogP contribution is 2.37. The number of hydrogen-bond donors (Lipinski definition) is 2. The molecule has 0 bridgehead atoms. The van der Waals surface area contributed by atoms with Gasteiger partial charge in [-0.3, -0.25) is 4.79 Å². The van der Waals surface area contributed by atoms with E-state index in [1.54, 1.807) is 0 Å². The van der Waals surface area contributed by atoms with Crippen LogP contribution in [0, 0.1) is 11.3 Å². The molecule has 2 atom stereocenters. The highest BCUT2D eigenvalue weighted by molar-refractivity contribution is 5.79. The number of hydrogen-bond acceptors (Lipinski definition) is 2. The van der Waals surface area contributed by atoms with Crippen LogP contribution in [0.2, 0.25) is 0 Å². The predicted molar refractivity (Wildman–Crippen MR) is 60.5 cm³/mol. The minimum absolute atomic E-state index is 0.210. The highest BCUT2D eigenvalue weighted by atomic mass is 16.2. The van der Waals surface area contributed by atoms with Crippen LogP contribution >= 0.6 is 0 Å². The van der Waals surface area contributed by atoms with Crippen LogP contribution < -0.4 is 10.6 Å². The van der Waals surface area contributed by atoms with Crippen LogP contribution in [0.3, 0.4) is 0 Å². The first-order chi connectivity index (χ1) is 7.09. The van der Waals surface area contributed by atoms with E-state index in [-0.39, 0.29) is 11.8 Å². The quantitative estimate of drug-likeness (QED) is 0.721. The maximum Gasteiger partial charge on any atom is 0.224 e. The zero-order valence-electron chi connectivity index (χ0n) is 9.81. The van der Waals surface area contributed by atoms with Gasteiger partial charge in [0.15, 0.2) is 0 Å². The summed E-state index contributed by atoms with van der Waals surface area (Å²) < 4.78 is 0. The van der Waals surface area contributed by atoms with Gasteiger partial charge in [-0.1, -0.05) is 20.3 Å². The summed E-state index contributed by atoms with van der Waals surface area (Å²) in [6, 6.07) is 0.394. The maximum absolute atomic E-state index is 11.9. The highest BCUT2D eigenvalue weighted by Gasteiger charge is 2.36. The molecule has 2 fully saturated rings. The van der Waals surface area contributed by atoms with Crippen molar-refractivity contribution in [1.29, 1.82) is 0 Å². The molecule has 1 unspecified atom stereocenters. The lowest BCUT2D eigenvalue weighted by Crippen LogP contribution is -2.44. The van der Waals surface area contributed by atoms with E-state index >= 15 is 0 Å². The molecule has 0 spiro atoms. The van der Waals surface area contributed by atoms with Gasteiger partial charge in [0.25, 0.3) is 0 Å². The molecule has 1 amide bonds. The Bertz CT molecular complexity index is 244. The third-order valence-electron chi connectivity index (χ3n) is 4.00. The van der Waals surface area contributed by atoms with Crippen LogP contribution in [0.15, 0.2) is 0 Å². The van der Waals surface area contributed by atoms with Crippen molar-refractivity contribution in [2.45, 2.75) is 45.6 Å². The van der Waals surface area contributed by atoms with E-state index in [2.05, 4.69) is 24.5 Å². The summed E-state index contributed by atoms with van der Waals surface area (Å²) in [6.45, 7) is 6.38. The molecule has 86 valence electrons. The maximum atomic E-state index is 11.9. The average molecular weight is 210 g/mol. The van der Waals surface area contributed by atoms with Crippen molar-refractivity contribution in [2.24, 2.45) is 11.3 Å². The van der Waals surface area contributed by atoms with Gasteiger partial charge in [-0.05, 0) is 31.2 Å². The molecule has 0 aromatic heterocycles. The zero-order chi connectivity index (χ0) is 10.9. The van der Waals surface area contributed by atoms with E-state index in [9.17, 15) is 4.79 Å². The van der Waals surface area contributed by atoms with Crippen molar-refractivity contribution in [3.63, 3.8) is 0 Å². The third-order valence-corrected chi connectivity index (χ3v) is 4.00. The van der Waals surface area contributed by atoms with Gasteiger partial charge < -0.3 is 10.6 Å². The van der Waals surface area contributed by atoms with Gasteiger partial charge in [0.1, 0.15) is 0 Å². The van der Waals surface area contributed by atoms with Gasteiger partial charge in [0, 0.05) is 12.6 Å². The normalized spacial score (nSPS) is 34.3. The lowest BCUT2D eigenvalue weighted by molar-refractivity contribution is -0.125. The van der Waals surface area contributed by atoms with Crippen LogP contribution in [0.25, 0.3) is 0 Å². The number of carbonyl (C=O) groups excluding carboxylic acids is 1. The zero-order valence-corrected chi connectivity index (χ0v) is 9.81. The Kier molecular flexibility index (Phi) is 3.01. The minimum Gasteiger partial charge on any atom is -0.353 e. The van der Waals surface area contributed by atoms with Gasteiger partial charge in [0.2, 0.25) is 5.91 Å². The molecular weight excluding hydrogens is 188 g/mol. The molecule has 0 aromatic rings. The van der Waals surface area contributed by atoms with Gasteiger partial charge in [-0.2, -0.15) is 0 Å². The first-order valence-electron chi connectivity index (χ1n) is 6.11. The summed E-state index contributed by atoms with van der Waals surface area (Å²) in [7, 11) is 0. The molecule has 3 nitrogen and oxygen atoms in total. The molecule has 2 aliphatic rings. The lowest BCUT2D eigenvalue weighted by Gasteiger charge is -2.28. The van der Waals surface area contributed by atoms with Crippen LogP contribution in [-0.2, 0) is 4.79 Å². The van der Waals surface area contributed by atoms with Gasteiger partial charge in [-0.25, -0.2) is 0 Å². The molecule has 1 aliphatic heterocycles. The molecule has 1 aliphatic carbocycles. The Morgan fingerprint density at radius 2 is 2.20 bits per heavy atom. The number of carbonyl (C=O) groups is 1. The van der Waals surface area contributed by atoms with Gasteiger partial charge in [-0.15, -0.1) is 0 Å². The Hall–Kier alpha value is -0.570. The first kappa shape index (κ1) is 10.9. The fourth-order valence-electron chi connectivity index (χ4n) is 2.76. The summed E-state index contributed by atoms with van der Waals surface area (Å²) in [5, 5.41) is 6.47. The Morgan fingerprint density at radius 1 is 1.40 bits per heavy atom. The second-order valence-electron chi connectivity index (χ2n) is 5.63. The van der Waals surface area contributed by atoms with E-state index < -0.39 is 0 Å². The Morgan fingerprint density at radius 3 is 2.73 bits per heavy atom. The molecule has 0 radical (unpaired) electrons. The van der Waals surface area contributed by atoms with Crippen molar-refractivity contribution in [3.05, 3.63) is 0 Å². The summed E-state index contributed by atoms with van der Waals surface area (Å²) in [4.78, 5) is 11.9. The molecular formula is C12H22N2O. The van der Waals surface area contributed by atoms with E-state index in [1.165, 1.54) is 12.8 Å².